The zero-order valence-corrected chi connectivity index (χ0v) is 11.2. The maximum atomic E-state index is 5.56. The second-order valence-electron chi connectivity index (χ2n) is 4.65. The van der Waals surface area contributed by atoms with E-state index in [1.54, 1.807) is 6.26 Å². The molecule has 0 fully saturated rings. The fraction of sp³-hybridized carbons (Fsp3) is 0.0526. The van der Waals surface area contributed by atoms with Crippen LogP contribution in [0.4, 0.5) is 0 Å². The van der Waals surface area contributed by atoms with E-state index in [0.717, 1.165) is 12.2 Å². The van der Waals surface area contributed by atoms with E-state index < -0.39 is 0 Å². The molecule has 0 heterocycles. The van der Waals surface area contributed by atoms with Gasteiger partial charge in [0.05, 0.1) is 6.26 Å². The molecule has 98 valence electrons. The number of para-hydroxylation sites is 1. The summed E-state index contributed by atoms with van der Waals surface area (Å²) >= 11 is 0. The Bertz CT molecular complexity index is 709. The average molecular weight is 260 g/mol. The first-order valence-electron chi connectivity index (χ1n) is 6.77. The molecule has 0 amide bonds. The molecule has 3 aromatic carbocycles. The van der Waals surface area contributed by atoms with Gasteiger partial charge in [-0.25, -0.2) is 0 Å². The normalized spacial score (nSPS) is 11.0. The van der Waals surface area contributed by atoms with Gasteiger partial charge in [0.1, 0.15) is 5.75 Å². The first-order valence-corrected chi connectivity index (χ1v) is 6.77. The van der Waals surface area contributed by atoms with E-state index in [0.29, 0.717) is 0 Å². The Labute approximate surface area is 119 Å². The lowest BCUT2D eigenvalue weighted by Gasteiger charge is -2.04. The molecule has 0 spiro atoms. The van der Waals surface area contributed by atoms with Crippen LogP contribution in [0.2, 0.25) is 0 Å². The van der Waals surface area contributed by atoms with E-state index in [-0.39, 0.29) is 0 Å². The Morgan fingerprint density at radius 1 is 0.750 bits per heavy atom. The van der Waals surface area contributed by atoms with Crippen molar-refractivity contribution in [3.05, 3.63) is 90.7 Å². The number of rotatable bonds is 4. The van der Waals surface area contributed by atoms with Gasteiger partial charge in [0.25, 0.3) is 0 Å². The van der Waals surface area contributed by atoms with Crippen LogP contribution in [0.1, 0.15) is 5.56 Å². The molecular weight excluding hydrogens is 244 g/mol. The van der Waals surface area contributed by atoms with E-state index >= 15 is 0 Å². The minimum absolute atomic E-state index is 0.863. The second kappa shape index (κ2) is 6.07. The number of ether oxygens (including phenoxy) is 1. The van der Waals surface area contributed by atoms with Crippen LogP contribution in [-0.2, 0) is 6.42 Å². The van der Waals surface area contributed by atoms with Crippen molar-refractivity contribution < 1.29 is 4.74 Å². The van der Waals surface area contributed by atoms with Crippen molar-refractivity contribution in [1.82, 2.24) is 0 Å². The summed E-state index contributed by atoms with van der Waals surface area (Å²) in [7, 11) is 0. The van der Waals surface area contributed by atoms with Gasteiger partial charge in [-0.05, 0) is 41.0 Å². The molecule has 0 aromatic heterocycles. The molecule has 0 saturated carbocycles. The third-order valence-electron chi connectivity index (χ3n) is 3.26. The van der Waals surface area contributed by atoms with E-state index in [4.69, 9.17) is 4.74 Å². The van der Waals surface area contributed by atoms with Gasteiger partial charge in [0.15, 0.2) is 0 Å². The summed E-state index contributed by atoms with van der Waals surface area (Å²) in [6.45, 7) is 0. The molecule has 3 rings (SSSR count). The van der Waals surface area contributed by atoms with Crippen molar-refractivity contribution >= 4 is 10.8 Å². The Morgan fingerprint density at radius 3 is 2.40 bits per heavy atom. The van der Waals surface area contributed by atoms with Gasteiger partial charge in [0.2, 0.25) is 0 Å². The van der Waals surface area contributed by atoms with Crippen LogP contribution in [0.3, 0.4) is 0 Å². The molecular formula is C19H16O. The SMILES string of the molecule is C(=C\Oc1ccccc1)/Cc1cccc2ccccc12. The molecule has 3 aromatic rings. The summed E-state index contributed by atoms with van der Waals surface area (Å²) < 4.78 is 5.56. The molecule has 0 aliphatic carbocycles. The van der Waals surface area contributed by atoms with Gasteiger partial charge in [0, 0.05) is 0 Å². The fourth-order valence-corrected chi connectivity index (χ4v) is 2.27. The number of hydrogen-bond donors (Lipinski definition) is 0. The molecule has 0 bridgehead atoms. The van der Waals surface area contributed by atoms with Gasteiger partial charge in [-0.15, -0.1) is 0 Å². The Kier molecular flexibility index (Phi) is 3.79. The van der Waals surface area contributed by atoms with Gasteiger partial charge in [-0.2, -0.15) is 0 Å². The van der Waals surface area contributed by atoms with Gasteiger partial charge in [-0.3, -0.25) is 0 Å². The summed E-state index contributed by atoms with van der Waals surface area (Å²) in [6, 6.07) is 24.7. The van der Waals surface area contributed by atoms with E-state index in [1.807, 2.05) is 30.3 Å². The van der Waals surface area contributed by atoms with Crippen molar-refractivity contribution in [2.24, 2.45) is 0 Å². The number of allylic oxidation sites excluding steroid dienone is 1. The third-order valence-corrected chi connectivity index (χ3v) is 3.26. The van der Waals surface area contributed by atoms with Crippen molar-refractivity contribution in [2.75, 3.05) is 0 Å². The second-order valence-corrected chi connectivity index (χ2v) is 4.65. The highest BCUT2D eigenvalue weighted by Crippen LogP contribution is 2.19. The Morgan fingerprint density at radius 2 is 1.50 bits per heavy atom. The van der Waals surface area contributed by atoms with Crippen molar-refractivity contribution in [3.63, 3.8) is 0 Å². The first kappa shape index (κ1) is 12.5. The topological polar surface area (TPSA) is 9.23 Å². The highest BCUT2D eigenvalue weighted by atomic mass is 16.5. The lowest BCUT2D eigenvalue weighted by molar-refractivity contribution is 0.479. The van der Waals surface area contributed by atoms with Crippen molar-refractivity contribution in [1.29, 1.82) is 0 Å². The van der Waals surface area contributed by atoms with Crippen LogP contribution in [-0.4, -0.2) is 0 Å². The maximum absolute atomic E-state index is 5.56. The Balaban J connectivity index is 1.71. The highest BCUT2D eigenvalue weighted by Gasteiger charge is 1.97. The fourth-order valence-electron chi connectivity index (χ4n) is 2.27. The minimum Gasteiger partial charge on any atom is -0.465 e. The predicted octanol–water partition coefficient (Wildman–Crippen LogP) is 4.98. The largest absolute Gasteiger partial charge is 0.465 e. The van der Waals surface area contributed by atoms with Crippen LogP contribution in [0, 0.1) is 0 Å². The molecule has 0 atom stereocenters. The van der Waals surface area contributed by atoms with E-state index in [9.17, 15) is 0 Å². The molecule has 0 aliphatic heterocycles. The van der Waals surface area contributed by atoms with Gasteiger partial charge >= 0.3 is 0 Å². The van der Waals surface area contributed by atoms with Crippen LogP contribution in [0.25, 0.3) is 10.8 Å². The molecule has 1 nitrogen and oxygen atoms in total. The standard InChI is InChI=1S/C19H16O/c1-2-12-18(13-3-1)20-15-7-11-17-10-6-9-16-8-4-5-14-19(16)17/h1-10,12-15H,11H2/b15-7+. The summed E-state index contributed by atoms with van der Waals surface area (Å²) in [4.78, 5) is 0. The zero-order chi connectivity index (χ0) is 13.6. The minimum atomic E-state index is 0.863. The predicted molar refractivity (Wildman–Crippen MR) is 83.9 cm³/mol. The highest BCUT2D eigenvalue weighted by molar-refractivity contribution is 5.85. The van der Waals surface area contributed by atoms with Gasteiger partial charge in [-0.1, -0.05) is 60.7 Å². The van der Waals surface area contributed by atoms with Crippen LogP contribution >= 0.6 is 0 Å². The average Bonchev–Trinajstić information content (AvgIpc) is 2.53. The summed E-state index contributed by atoms with van der Waals surface area (Å²) in [6.07, 6.45) is 4.68. The molecule has 0 N–H and O–H groups in total. The number of fused-ring (bicyclic) bond motifs is 1. The molecule has 1 heteroatoms. The maximum Gasteiger partial charge on any atom is 0.126 e. The smallest absolute Gasteiger partial charge is 0.126 e. The van der Waals surface area contributed by atoms with Crippen molar-refractivity contribution in [2.45, 2.75) is 6.42 Å². The van der Waals surface area contributed by atoms with Crippen LogP contribution in [0.15, 0.2) is 85.1 Å². The lowest BCUT2D eigenvalue weighted by Crippen LogP contribution is -1.86. The van der Waals surface area contributed by atoms with Crippen LogP contribution in [0.5, 0.6) is 5.75 Å². The quantitative estimate of drug-likeness (QED) is 0.601. The lowest BCUT2D eigenvalue weighted by atomic mass is 10.0. The van der Waals surface area contributed by atoms with Gasteiger partial charge < -0.3 is 4.74 Å². The summed E-state index contributed by atoms with van der Waals surface area (Å²) in [5, 5.41) is 2.58. The first-order chi connectivity index (χ1) is 9.93. The number of benzene rings is 3. The van der Waals surface area contributed by atoms with E-state index in [1.165, 1.54) is 16.3 Å². The molecule has 20 heavy (non-hydrogen) atoms. The third kappa shape index (κ3) is 2.89. The molecule has 0 saturated heterocycles. The summed E-state index contributed by atoms with van der Waals surface area (Å²) in [5.74, 6) is 0.863. The van der Waals surface area contributed by atoms with E-state index in [2.05, 4.69) is 48.5 Å². The summed E-state index contributed by atoms with van der Waals surface area (Å²) in [5.41, 5.74) is 1.32. The molecule has 0 aliphatic rings. The van der Waals surface area contributed by atoms with Crippen LogP contribution < -0.4 is 4.74 Å². The monoisotopic (exact) mass is 260 g/mol. The molecule has 0 radical (unpaired) electrons. The zero-order valence-electron chi connectivity index (χ0n) is 11.2. The number of hydrogen-bond acceptors (Lipinski definition) is 1. The molecule has 0 unspecified atom stereocenters. The van der Waals surface area contributed by atoms with Crippen molar-refractivity contribution in [3.8, 4) is 5.75 Å². The Hall–Kier alpha value is -2.54.